The first-order valence-electron chi connectivity index (χ1n) is 3.64. The van der Waals surface area contributed by atoms with E-state index in [1.54, 1.807) is 6.08 Å². The van der Waals surface area contributed by atoms with Crippen molar-refractivity contribution in [3.05, 3.63) is 12.2 Å². The number of hydrogen-bond acceptors (Lipinski definition) is 2. The highest BCUT2D eigenvalue weighted by molar-refractivity contribution is 5.91. The summed E-state index contributed by atoms with van der Waals surface area (Å²) < 4.78 is 0. The van der Waals surface area contributed by atoms with Crippen LogP contribution in [0.3, 0.4) is 0 Å². The fourth-order valence-corrected chi connectivity index (χ4v) is 0.526. The monoisotopic (exact) mass is 151 g/mol. The average Bonchev–Trinajstić information content (AvgIpc) is 2.01. The Morgan fingerprint density at radius 1 is 1.73 bits per heavy atom. The Morgan fingerprint density at radius 3 is 3.00 bits per heavy atom. The van der Waals surface area contributed by atoms with Gasteiger partial charge in [0.05, 0.1) is 19.0 Å². The highest BCUT2D eigenvalue weighted by Gasteiger charge is 1.82. The van der Waals surface area contributed by atoms with Crippen LogP contribution in [-0.4, -0.2) is 12.4 Å². The maximum Gasteiger partial charge on any atom is 0.117 e. The molecule has 0 aliphatic carbocycles. The SMILES string of the molecule is CC/C=C\C(N)=NCCC#N. The van der Waals surface area contributed by atoms with E-state index in [4.69, 9.17) is 11.0 Å². The molecule has 0 saturated heterocycles. The third-order valence-electron chi connectivity index (χ3n) is 1.04. The van der Waals surface area contributed by atoms with E-state index in [2.05, 4.69) is 4.99 Å². The van der Waals surface area contributed by atoms with Crippen LogP contribution < -0.4 is 5.73 Å². The molecule has 0 rings (SSSR count). The van der Waals surface area contributed by atoms with Gasteiger partial charge in [0.2, 0.25) is 0 Å². The van der Waals surface area contributed by atoms with Crippen LogP contribution in [0.25, 0.3) is 0 Å². The molecule has 0 amide bonds. The summed E-state index contributed by atoms with van der Waals surface area (Å²) in [7, 11) is 0. The zero-order valence-corrected chi connectivity index (χ0v) is 6.75. The Kier molecular flexibility index (Phi) is 6.01. The zero-order chi connectivity index (χ0) is 8.53. The largest absolute Gasteiger partial charge is 0.384 e. The molecule has 0 heterocycles. The number of nitrogens with two attached hydrogens (primary N) is 1. The third kappa shape index (κ3) is 6.59. The summed E-state index contributed by atoms with van der Waals surface area (Å²) in [6.45, 7) is 2.52. The molecule has 0 aromatic carbocycles. The van der Waals surface area contributed by atoms with Crippen molar-refractivity contribution in [3.8, 4) is 6.07 Å². The lowest BCUT2D eigenvalue weighted by Gasteiger charge is -1.89. The van der Waals surface area contributed by atoms with Crippen molar-refractivity contribution in [3.63, 3.8) is 0 Å². The van der Waals surface area contributed by atoms with Gasteiger partial charge in [-0.1, -0.05) is 13.0 Å². The summed E-state index contributed by atoms with van der Waals surface area (Å²) in [4.78, 5) is 3.94. The lowest BCUT2D eigenvalue weighted by Crippen LogP contribution is -2.08. The van der Waals surface area contributed by atoms with Gasteiger partial charge < -0.3 is 5.73 Å². The summed E-state index contributed by atoms with van der Waals surface area (Å²) in [5, 5.41) is 8.18. The quantitative estimate of drug-likeness (QED) is 0.373. The molecular formula is C8H13N3. The van der Waals surface area contributed by atoms with Crippen molar-refractivity contribution in [1.82, 2.24) is 0 Å². The van der Waals surface area contributed by atoms with Crippen LogP contribution in [-0.2, 0) is 0 Å². The van der Waals surface area contributed by atoms with Crippen molar-refractivity contribution in [2.75, 3.05) is 6.54 Å². The number of allylic oxidation sites excluding steroid dienone is 1. The molecule has 0 radical (unpaired) electrons. The molecule has 0 atom stereocenters. The van der Waals surface area contributed by atoms with Gasteiger partial charge in [0.1, 0.15) is 5.84 Å². The second-order valence-electron chi connectivity index (χ2n) is 2.03. The van der Waals surface area contributed by atoms with Gasteiger partial charge in [-0.2, -0.15) is 5.26 Å². The van der Waals surface area contributed by atoms with Crippen LogP contribution in [0, 0.1) is 11.3 Å². The Balaban J connectivity index is 3.64. The molecule has 0 saturated carbocycles. The van der Waals surface area contributed by atoms with E-state index in [0.29, 0.717) is 18.8 Å². The third-order valence-corrected chi connectivity index (χ3v) is 1.04. The lowest BCUT2D eigenvalue weighted by molar-refractivity contribution is 1.01. The minimum Gasteiger partial charge on any atom is -0.384 e. The predicted octanol–water partition coefficient (Wildman–Crippen LogP) is 1.22. The highest BCUT2D eigenvalue weighted by atomic mass is 14.8. The highest BCUT2D eigenvalue weighted by Crippen LogP contribution is 1.82. The molecular weight excluding hydrogens is 138 g/mol. The average molecular weight is 151 g/mol. The molecule has 60 valence electrons. The fraction of sp³-hybridized carbons (Fsp3) is 0.500. The number of aliphatic imine (C=N–C) groups is 1. The van der Waals surface area contributed by atoms with Crippen LogP contribution in [0.15, 0.2) is 17.1 Å². The Labute approximate surface area is 67.2 Å². The molecule has 0 aromatic rings. The molecule has 0 aromatic heterocycles. The molecule has 0 unspecified atom stereocenters. The van der Waals surface area contributed by atoms with Crippen LogP contribution in [0.1, 0.15) is 19.8 Å². The van der Waals surface area contributed by atoms with Crippen LogP contribution >= 0.6 is 0 Å². The molecule has 11 heavy (non-hydrogen) atoms. The van der Waals surface area contributed by atoms with E-state index in [1.165, 1.54) is 0 Å². The Hall–Kier alpha value is -1.30. The lowest BCUT2D eigenvalue weighted by atomic mass is 10.4. The summed E-state index contributed by atoms with van der Waals surface area (Å²) >= 11 is 0. The van der Waals surface area contributed by atoms with E-state index in [1.807, 2.05) is 19.1 Å². The van der Waals surface area contributed by atoms with Gasteiger partial charge in [0.15, 0.2) is 0 Å². The van der Waals surface area contributed by atoms with Crippen LogP contribution in [0.4, 0.5) is 0 Å². The van der Waals surface area contributed by atoms with Gasteiger partial charge in [-0.3, -0.25) is 4.99 Å². The Bertz CT molecular complexity index is 186. The van der Waals surface area contributed by atoms with Gasteiger partial charge in [-0.25, -0.2) is 0 Å². The van der Waals surface area contributed by atoms with E-state index < -0.39 is 0 Å². The molecule has 0 spiro atoms. The van der Waals surface area contributed by atoms with E-state index >= 15 is 0 Å². The normalized spacial score (nSPS) is 11.8. The first-order chi connectivity index (χ1) is 5.31. The molecule has 0 bridgehead atoms. The Morgan fingerprint density at radius 2 is 2.45 bits per heavy atom. The van der Waals surface area contributed by atoms with Crippen LogP contribution in [0.5, 0.6) is 0 Å². The second kappa shape index (κ2) is 6.81. The van der Waals surface area contributed by atoms with E-state index in [0.717, 1.165) is 6.42 Å². The summed E-state index contributed by atoms with van der Waals surface area (Å²) in [6.07, 6.45) is 5.08. The first-order valence-corrected chi connectivity index (χ1v) is 3.64. The van der Waals surface area contributed by atoms with E-state index in [-0.39, 0.29) is 0 Å². The molecule has 3 heteroatoms. The van der Waals surface area contributed by atoms with Crippen molar-refractivity contribution in [2.45, 2.75) is 19.8 Å². The molecule has 0 aliphatic heterocycles. The van der Waals surface area contributed by atoms with Gasteiger partial charge in [0, 0.05) is 0 Å². The first kappa shape index (κ1) is 9.70. The molecule has 0 fully saturated rings. The number of nitriles is 1. The van der Waals surface area contributed by atoms with Crippen molar-refractivity contribution < 1.29 is 0 Å². The van der Waals surface area contributed by atoms with Crippen LogP contribution in [0.2, 0.25) is 0 Å². The smallest absolute Gasteiger partial charge is 0.117 e. The number of hydrogen-bond donors (Lipinski definition) is 1. The number of nitrogens with zero attached hydrogens (tertiary/aromatic N) is 2. The van der Waals surface area contributed by atoms with Crippen molar-refractivity contribution in [1.29, 1.82) is 5.26 Å². The van der Waals surface area contributed by atoms with Gasteiger partial charge in [0.25, 0.3) is 0 Å². The zero-order valence-electron chi connectivity index (χ0n) is 6.75. The molecule has 3 nitrogen and oxygen atoms in total. The predicted molar refractivity (Wildman–Crippen MR) is 46.2 cm³/mol. The topological polar surface area (TPSA) is 62.2 Å². The fourth-order valence-electron chi connectivity index (χ4n) is 0.526. The van der Waals surface area contributed by atoms with Gasteiger partial charge in [-0.15, -0.1) is 0 Å². The minimum absolute atomic E-state index is 0.431. The maximum atomic E-state index is 8.18. The van der Waals surface area contributed by atoms with E-state index in [9.17, 15) is 0 Å². The molecule has 0 aliphatic rings. The summed E-state index contributed by atoms with van der Waals surface area (Å²) in [5.41, 5.74) is 5.45. The van der Waals surface area contributed by atoms with Gasteiger partial charge >= 0.3 is 0 Å². The second-order valence-corrected chi connectivity index (χ2v) is 2.03. The number of amidine groups is 1. The minimum atomic E-state index is 0.431. The number of rotatable bonds is 4. The maximum absolute atomic E-state index is 8.18. The van der Waals surface area contributed by atoms with Crippen molar-refractivity contribution in [2.24, 2.45) is 10.7 Å². The van der Waals surface area contributed by atoms with Crippen molar-refractivity contribution >= 4 is 5.84 Å². The van der Waals surface area contributed by atoms with Gasteiger partial charge in [-0.05, 0) is 12.5 Å². The standard InChI is InChI=1S/C8H13N3/c1-2-3-5-8(10)11-7-4-6-9/h3,5H,2,4,7H2,1H3,(H2,10,11)/b5-3-. The molecule has 2 N–H and O–H groups in total. The summed E-state index contributed by atoms with van der Waals surface area (Å²) in [6, 6.07) is 1.99. The summed E-state index contributed by atoms with van der Waals surface area (Å²) in [5.74, 6) is 0.502.